The normalized spacial score (nSPS) is 10.4. The number of hydrogen-bond donors (Lipinski definition) is 2. The fraction of sp³-hybridized carbons (Fsp3) is 0.105. The van der Waals surface area contributed by atoms with Gasteiger partial charge in [0.1, 0.15) is 5.69 Å². The van der Waals surface area contributed by atoms with Gasteiger partial charge in [0.15, 0.2) is 0 Å². The molecule has 0 atom stereocenters. The summed E-state index contributed by atoms with van der Waals surface area (Å²) in [6, 6.07) is 16.6. The minimum Gasteiger partial charge on any atom is -0.354 e. The average molecular weight is 387 g/mol. The third kappa shape index (κ3) is 4.71. The van der Waals surface area contributed by atoms with Gasteiger partial charge in [0, 0.05) is 12.7 Å². The Kier molecular flexibility index (Phi) is 6.04. The molecule has 132 valence electrons. The number of aromatic nitrogens is 2. The second-order valence-electron chi connectivity index (χ2n) is 5.48. The van der Waals surface area contributed by atoms with E-state index in [-0.39, 0.29) is 5.69 Å². The van der Waals surface area contributed by atoms with Crippen molar-refractivity contribution in [1.82, 2.24) is 9.97 Å². The largest absolute Gasteiger partial charge is 0.354 e. The number of carbonyl (C=O) groups excluding carboxylic acids is 1. The van der Waals surface area contributed by atoms with E-state index in [0.29, 0.717) is 28.2 Å². The zero-order chi connectivity index (χ0) is 18.4. The Morgan fingerprint density at radius 3 is 2.42 bits per heavy atom. The molecular weight excluding hydrogens is 371 g/mol. The number of anilines is 2. The summed E-state index contributed by atoms with van der Waals surface area (Å²) < 4.78 is 0. The van der Waals surface area contributed by atoms with Gasteiger partial charge in [0.25, 0.3) is 5.91 Å². The van der Waals surface area contributed by atoms with Crippen LogP contribution in [0.1, 0.15) is 16.1 Å². The van der Waals surface area contributed by atoms with Crippen molar-refractivity contribution in [3.8, 4) is 0 Å². The lowest BCUT2D eigenvalue weighted by Gasteiger charge is -2.10. The van der Waals surface area contributed by atoms with E-state index in [1.54, 1.807) is 18.2 Å². The van der Waals surface area contributed by atoms with Crippen LogP contribution in [0.5, 0.6) is 0 Å². The summed E-state index contributed by atoms with van der Waals surface area (Å²) in [5.74, 6) is -0.0210. The highest BCUT2D eigenvalue weighted by Crippen LogP contribution is 2.30. The molecule has 0 aliphatic carbocycles. The van der Waals surface area contributed by atoms with Gasteiger partial charge < -0.3 is 10.6 Å². The summed E-state index contributed by atoms with van der Waals surface area (Å²) in [7, 11) is 0. The number of nitrogens with one attached hydrogen (secondary N) is 2. The summed E-state index contributed by atoms with van der Waals surface area (Å²) in [4.78, 5) is 20.8. The van der Waals surface area contributed by atoms with E-state index in [0.717, 1.165) is 6.42 Å². The van der Waals surface area contributed by atoms with Crippen molar-refractivity contribution in [3.05, 3.63) is 82.1 Å². The molecule has 3 aromatic rings. The summed E-state index contributed by atoms with van der Waals surface area (Å²) in [6.45, 7) is 0.658. The van der Waals surface area contributed by atoms with E-state index in [9.17, 15) is 4.79 Å². The summed E-state index contributed by atoms with van der Waals surface area (Å²) in [5, 5.41) is 6.53. The van der Waals surface area contributed by atoms with E-state index >= 15 is 0 Å². The second-order valence-corrected chi connectivity index (χ2v) is 6.29. The predicted octanol–water partition coefficient (Wildman–Crippen LogP) is 4.69. The first-order valence-electron chi connectivity index (χ1n) is 7.99. The molecule has 7 heteroatoms. The number of carbonyl (C=O) groups is 1. The quantitative estimate of drug-likeness (QED) is 0.644. The van der Waals surface area contributed by atoms with Crippen LogP contribution in [-0.4, -0.2) is 22.4 Å². The molecule has 3 rings (SSSR count). The molecular formula is C19H16Cl2N4O. The Labute approximate surface area is 161 Å². The van der Waals surface area contributed by atoms with Crippen molar-refractivity contribution < 1.29 is 4.79 Å². The smallest absolute Gasteiger partial charge is 0.274 e. The lowest BCUT2D eigenvalue weighted by atomic mass is 10.1. The third-order valence-corrected chi connectivity index (χ3v) is 4.26. The van der Waals surface area contributed by atoms with Crippen molar-refractivity contribution >= 4 is 40.7 Å². The number of benzene rings is 2. The SMILES string of the molecule is O=C(Nc1c(Cl)cccc1Cl)c1ccnc(NCCc2ccccc2)n1. The van der Waals surface area contributed by atoms with Crippen molar-refractivity contribution in [1.29, 1.82) is 0 Å². The van der Waals surface area contributed by atoms with E-state index in [1.807, 2.05) is 18.2 Å². The highest BCUT2D eigenvalue weighted by molar-refractivity contribution is 6.40. The van der Waals surface area contributed by atoms with Crippen LogP contribution in [0.25, 0.3) is 0 Å². The molecule has 0 unspecified atom stereocenters. The molecule has 0 radical (unpaired) electrons. The maximum absolute atomic E-state index is 12.4. The lowest BCUT2D eigenvalue weighted by Crippen LogP contribution is -2.16. The van der Waals surface area contributed by atoms with Crippen molar-refractivity contribution in [3.63, 3.8) is 0 Å². The highest BCUT2D eigenvalue weighted by atomic mass is 35.5. The topological polar surface area (TPSA) is 66.9 Å². The highest BCUT2D eigenvalue weighted by Gasteiger charge is 2.13. The Morgan fingerprint density at radius 1 is 0.962 bits per heavy atom. The van der Waals surface area contributed by atoms with Crippen LogP contribution in [0.15, 0.2) is 60.8 Å². The number of hydrogen-bond acceptors (Lipinski definition) is 4. The minimum absolute atomic E-state index is 0.221. The van der Waals surface area contributed by atoms with Crippen LogP contribution in [-0.2, 0) is 6.42 Å². The Balaban J connectivity index is 1.64. The maximum Gasteiger partial charge on any atom is 0.274 e. The van der Waals surface area contributed by atoms with Gasteiger partial charge >= 0.3 is 0 Å². The van der Waals surface area contributed by atoms with E-state index < -0.39 is 5.91 Å². The molecule has 5 nitrogen and oxygen atoms in total. The van der Waals surface area contributed by atoms with Gasteiger partial charge in [-0.3, -0.25) is 4.79 Å². The van der Waals surface area contributed by atoms with Crippen LogP contribution < -0.4 is 10.6 Å². The van der Waals surface area contributed by atoms with Gasteiger partial charge in [-0.05, 0) is 30.2 Å². The lowest BCUT2D eigenvalue weighted by molar-refractivity contribution is 0.102. The van der Waals surface area contributed by atoms with Gasteiger partial charge in [0.05, 0.1) is 15.7 Å². The molecule has 1 amide bonds. The third-order valence-electron chi connectivity index (χ3n) is 3.63. The first kappa shape index (κ1) is 18.2. The number of amides is 1. The fourth-order valence-electron chi connectivity index (χ4n) is 2.33. The van der Waals surface area contributed by atoms with Crippen molar-refractivity contribution in [2.75, 3.05) is 17.2 Å². The number of nitrogens with zero attached hydrogens (tertiary/aromatic N) is 2. The molecule has 2 aromatic carbocycles. The first-order chi connectivity index (χ1) is 12.6. The maximum atomic E-state index is 12.4. The Hall–Kier alpha value is -2.63. The molecule has 0 saturated heterocycles. The van der Waals surface area contributed by atoms with Gasteiger partial charge in [-0.15, -0.1) is 0 Å². The zero-order valence-electron chi connectivity index (χ0n) is 13.7. The second kappa shape index (κ2) is 8.65. The van der Waals surface area contributed by atoms with E-state index in [1.165, 1.54) is 17.8 Å². The monoisotopic (exact) mass is 386 g/mol. The van der Waals surface area contributed by atoms with Crippen LogP contribution in [0, 0.1) is 0 Å². The van der Waals surface area contributed by atoms with Crippen LogP contribution in [0.3, 0.4) is 0 Å². The van der Waals surface area contributed by atoms with Crippen molar-refractivity contribution in [2.45, 2.75) is 6.42 Å². The number of para-hydroxylation sites is 1. The van der Waals surface area contributed by atoms with Crippen molar-refractivity contribution in [2.24, 2.45) is 0 Å². The average Bonchev–Trinajstić information content (AvgIpc) is 2.66. The Morgan fingerprint density at radius 2 is 1.69 bits per heavy atom. The van der Waals surface area contributed by atoms with Gasteiger partial charge in [0.2, 0.25) is 5.95 Å². The van der Waals surface area contributed by atoms with Crippen LogP contribution in [0.4, 0.5) is 11.6 Å². The van der Waals surface area contributed by atoms with E-state index in [4.69, 9.17) is 23.2 Å². The first-order valence-corrected chi connectivity index (χ1v) is 8.75. The zero-order valence-corrected chi connectivity index (χ0v) is 15.3. The molecule has 1 aromatic heterocycles. The van der Waals surface area contributed by atoms with Crippen LogP contribution >= 0.6 is 23.2 Å². The molecule has 0 saturated carbocycles. The molecule has 0 spiro atoms. The molecule has 0 fully saturated rings. The molecule has 1 heterocycles. The van der Waals surface area contributed by atoms with Crippen LogP contribution in [0.2, 0.25) is 10.0 Å². The summed E-state index contributed by atoms with van der Waals surface area (Å²) in [6.07, 6.45) is 2.36. The fourth-order valence-corrected chi connectivity index (χ4v) is 2.82. The Bertz CT molecular complexity index is 883. The molecule has 26 heavy (non-hydrogen) atoms. The summed E-state index contributed by atoms with van der Waals surface area (Å²) in [5.41, 5.74) is 1.79. The molecule has 0 bridgehead atoms. The number of rotatable bonds is 6. The van der Waals surface area contributed by atoms with E-state index in [2.05, 4.69) is 32.7 Å². The van der Waals surface area contributed by atoms with Gasteiger partial charge in [-0.25, -0.2) is 9.97 Å². The van der Waals surface area contributed by atoms with Gasteiger partial charge in [-0.1, -0.05) is 59.6 Å². The molecule has 2 N–H and O–H groups in total. The number of halogens is 2. The summed E-state index contributed by atoms with van der Waals surface area (Å²) >= 11 is 12.1. The predicted molar refractivity (Wildman–Crippen MR) is 105 cm³/mol. The standard InChI is InChI=1S/C19H16Cl2N4O/c20-14-7-4-8-15(21)17(14)25-18(26)16-10-12-23-19(24-16)22-11-9-13-5-2-1-3-6-13/h1-8,10,12H,9,11H2,(H,25,26)(H,22,23,24). The minimum atomic E-state index is -0.409. The molecule has 0 aliphatic rings. The molecule has 0 aliphatic heterocycles. The van der Waals surface area contributed by atoms with Gasteiger partial charge in [-0.2, -0.15) is 0 Å².